The Balaban J connectivity index is 2.11. The van der Waals surface area contributed by atoms with Crippen molar-refractivity contribution in [2.24, 2.45) is 0 Å². The number of aryl methyl sites for hydroxylation is 2. The summed E-state index contributed by atoms with van der Waals surface area (Å²) in [6.07, 6.45) is 0. The lowest BCUT2D eigenvalue weighted by atomic mass is 10.1. The van der Waals surface area contributed by atoms with Gasteiger partial charge in [-0.25, -0.2) is 0 Å². The monoisotopic (exact) mass is 385 g/mol. The average molecular weight is 387 g/mol. The average Bonchev–Trinajstić information content (AvgIpc) is 2.54. The summed E-state index contributed by atoms with van der Waals surface area (Å²) in [5.41, 5.74) is 4.32. The van der Waals surface area contributed by atoms with Crippen molar-refractivity contribution in [2.45, 2.75) is 27.7 Å². The Morgan fingerprint density at radius 3 is 2.08 bits per heavy atom. The maximum absolute atomic E-state index is 12.1. The first-order valence-electron chi connectivity index (χ1n) is 7.36. The normalized spacial score (nSPS) is 10.6. The standard InChI is InChI=1S/C18H18Cl3NO2/c1-9-5-6-13(7-10(9)2)22-14(23)8-24-18-16(20)11(3)15(19)12(4)17(18)21/h5-7H,8H2,1-4H3,(H,22,23). The van der Waals surface area contributed by atoms with E-state index in [1.165, 1.54) is 0 Å². The lowest BCUT2D eigenvalue weighted by molar-refractivity contribution is -0.118. The Labute approximate surface area is 156 Å². The smallest absolute Gasteiger partial charge is 0.262 e. The number of hydrogen-bond acceptors (Lipinski definition) is 2. The molecule has 0 aromatic heterocycles. The lowest BCUT2D eigenvalue weighted by Crippen LogP contribution is -2.20. The summed E-state index contributed by atoms with van der Waals surface area (Å²) in [4.78, 5) is 12.1. The topological polar surface area (TPSA) is 38.3 Å². The summed E-state index contributed by atoms with van der Waals surface area (Å²) in [5, 5.41) is 3.91. The summed E-state index contributed by atoms with van der Waals surface area (Å²) < 4.78 is 5.54. The second-order valence-corrected chi connectivity index (χ2v) is 6.79. The number of ether oxygens (including phenoxy) is 1. The second kappa shape index (κ2) is 7.64. The van der Waals surface area contributed by atoms with Gasteiger partial charge in [-0.2, -0.15) is 0 Å². The minimum absolute atomic E-state index is 0.202. The van der Waals surface area contributed by atoms with Crippen molar-refractivity contribution in [1.82, 2.24) is 0 Å². The van der Waals surface area contributed by atoms with Crippen LogP contribution < -0.4 is 10.1 Å². The van der Waals surface area contributed by atoms with E-state index in [-0.39, 0.29) is 18.3 Å². The number of halogens is 3. The molecule has 0 spiro atoms. The quantitative estimate of drug-likeness (QED) is 0.710. The van der Waals surface area contributed by atoms with Crippen molar-refractivity contribution in [1.29, 1.82) is 0 Å². The van der Waals surface area contributed by atoms with Gasteiger partial charge in [-0.05, 0) is 62.1 Å². The Hall–Kier alpha value is -1.42. The van der Waals surface area contributed by atoms with Gasteiger partial charge in [-0.15, -0.1) is 0 Å². The van der Waals surface area contributed by atoms with Crippen LogP contribution in [0.2, 0.25) is 15.1 Å². The van der Waals surface area contributed by atoms with Crippen LogP contribution >= 0.6 is 34.8 Å². The number of benzene rings is 2. The number of hydrogen-bond donors (Lipinski definition) is 1. The highest BCUT2D eigenvalue weighted by Gasteiger charge is 2.18. The first kappa shape index (κ1) is 18.9. The Bertz CT molecular complexity index is 774. The third kappa shape index (κ3) is 3.97. The molecule has 3 nitrogen and oxygen atoms in total. The van der Waals surface area contributed by atoms with Crippen LogP contribution in [0.25, 0.3) is 0 Å². The van der Waals surface area contributed by atoms with Crippen LogP contribution in [0.3, 0.4) is 0 Å². The molecule has 1 amide bonds. The first-order valence-corrected chi connectivity index (χ1v) is 8.49. The molecule has 0 heterocycles. The van der Waals surface area contributed by atoms with Gasteiger partial charge in [-0.1, -0.05) is 40.9 Å². The van der Waals surface area contributed by atoms with Gasteiger partial charge in [0.25, 0.3) is 5.91 Å². The molecular formula is C18H18Cl3NO2. The number of nitrogens with one attached hydrogen (secondary N) is 1. The van der Waals surface area contributed by atoms with Crippen molar-refractivity contribution in [2.75, 3.05) is 11.9 Å². The van der Waals surface area contributed by atoms with Gasteiger partial charge >= 0.3 is 0 Å². The van der Waals surface area contributed by atoms with E-state index in [0.717, 1.165) is 11.1 Å². The molecule has 128 valence electrons. The van der Waals surface area contributed by atoms with Gasteiger partial charge < -0.3 is 10.1 Å². The van der Waals surface area contributed by atoms with E-state index in [9.17, 15) is 4.79 Å². The van der Waals surface area contributed by atoms with Crippen molar-refractivity contribution in [3.8, 4) is 5.75 Å². The highest BCUT2D eigenvalue weighted by molar-refractivity contribution is 6.42. The van der Waals surface area contributed by atoms with Crippen LogP contribution in [0.1, 0.15) is 22.3 Å². The second-order valence-electron chi connectivity index (χ2n) is 5.66. The molecule has 2 rings (SSSR count). The third-order valence-corrected chi connectivity index (χ3v) is 5.33. The zero-order chi connectivity index (χ0) is 18.0. The van der Waals surface area contributed by atoms with Crippen LogP contribution in [0.15, 0.2) is 18.2 Å². The van der Waals surface area contributed by atoms with Gasteiger partial charge in [0.05, 0.1) is 10.0 Å². The minimum atomic E-state index is -0.296. The molecule has 0 unspecified atom stereocenters. The van der Waals surface area contributed by atoms with E-state index in [2.05, 4.69) is 5.32 Å². The summed E-state index contributed by atoms with van der Waals surface area (Å²) >= 11 is 18.6. The Morgan fingerprint density at radius 2 is 1.54 bits per heavy atom. The van der Waals surface area contributed by atoms with E-state index < -0.39 is 0 Å². The molecule has 0 saturated heterocycles. The number of carbonyl (C=O) groups excluding carboxylic acids is 1. The summed E-state index contributed by atoms with van der Waals surface area (Å²) in [5.74, 6) is -0.0244. The largest absolute Gasteiger partial charge is 0.481 e. The highest BCUT2D eigenvalue weighted by Crippen LogP contribution is 2.42. The molecule has 0 fully saturated rings. The molecule has 0 aliphatic rings. The fraction of sp³-hybridized carbons (Fsp3) is 0.278. The fourth-order valence-corrected chi connectivity index (χ4v) is 3.01. The minimum Gasteiger partial charge on any atom is -0.481 e. The van der Waals surface area contributed by atoms with E-state index in [1.807, 2.05) is 32.0 Å². The SMILES string of the molecule is Cc1ccc(NC(=O)COc2c(Cl)c(C)c(Cl)c(C)c2Cl)cc1C. The molecule has 0 radical (unpaired) electrons. The van der Waals surface area contributed by atoms with Crippen LogP contribution in [0, 0.1) is 27.7 Å². The maximum Gasteiger partial charge on any atom is 0.262 e. The van der Waals surface area contributed by atoms with Gasteiger partial charge in [-0.3, -0.25) is 4.79 Å². The van der Waals surface area contributed by atoms with Gasteiger partial charge in [0, 0.05) is 10.7 Å². The molecule has 2 aromatic carbocycles. The van der Waals surface area contributed by atoms with Crippen molar-refractivity contribution in [3.63, 3.8) is 0 Å². The Morgan fingerprint density at radius 1 is 0.958 bits per heavy atom. The summed E-state index contributed by atoms with van der Waals surface area (Å²) in [7, 11) is 0. The fourth-order valence-electron chi connectivity index (χ4n) is 2.19. The number of carbonyl (C=O) groups is 1. The maximum atomic E-state index is 12.1. The van der Waals surface area contributed by atoms with Crippen LogP contribution in [0.4, 0.5) is 5.69 Å². The molecule has 24 heavy (non-hydrogen) atoms. The molecule has 2 aromatic rings. The number of rotatable bonds is 4. The number of amides is 1. The molecule has 0 bridgehead atoms. The van der Waals surface area contributed by atoms with E-state index in [0.29, 0.717) is 31.9 Å². The zero-order valence-corrected chi connectivity index (χ0v) is 16.2. The van der Waals surface area contributed by atoms with Crippen molar-refractivity contribution in [3.05, 3.63) is 55.5 Å². The van der Waals surface area contributed by atoms with Crippen molar-refractivity contribution < 1.29 is 9.53 Å². The van der Waals surface area contributed by atoms with E-state index >= 15 is 0 Å². The molecular weight excluding hydrogens is 369 g/mol. The molecule has 1 N–H and O–H groups in total. The Kier molecular flexibility index (Phi) is 6.02. The van der Waals surface area contributed by atoms with Gasteiger partial charge in [0.1, 0.15) is 0 Å². The van der Waals surface area contributed by atoms with E-state index in [4.69, 9.17) is 39.5 Å². The predicted octanol–water partition coefficient (Wildman–Crippen LogP) is 5.90. The van der Waals surface area contributed by atoms with Crippen LogP contribution in [-0.4, -0.2) is 12.5 Å². The van der Waals surface area contributed by atoms with Gasteiger partial charge in [0.2, 0.25) is 0 Å². The predicted molar refractivity (Wildman–Crippen MR) is 101 cm³/mol. The summed E-state index contributed by atoms with van der Waals surface area (Å²) in [6.45, 7) is 7.35. The zero-order valence-electron chi connectivity index (χ0n) is 13.9. The molecule has 0 saturated carbocycles. The van der Waals surface area contributed by atoms with Crippen LogP contribution in [0.5, 0.6) is 5.75 Å². The molecule has 0 aliphatic heterocycles. The molecule has 0 aliphatic carbocycles. The van der Waals surface area contributed by atoms with Crippen LogP contribution in [-0.2, 0) is 4.79 Å². The molecule has 6 heteroatoms. The first-order chi connectivity index (χ1) is 11.2. The number of anilines is 1. The van der Waals surface area contributed by atoms with Gasteiger partial charge in [0.15, 0.2) is 12.4 Å². The molecule has 0 atom stereocenters. The highest BCUT2D eigenvalue weighted by atomic mass is 35.5. The lowest BCUT2D eigenvalue weighted by Gasteiger charge is -2.15. The summed E-state index contributed by atoms with van der Waals surface area (Å²) in [6, 6.07) is 5.70. The third-order valence-electron chi connectivity index (χ3n) is 3.85. The van der Waals surface area contributed by atoms with Crippen molar-refractivity contribution >= 4 is 46.4 Å². The van der Waals surface area contributed by atoms with E-state index in [1.54, 1.807) is 13.8 Å².